The number of rotatable bonds is 6. The summed E-state index contributed by atoms with van der Waals surface area (Å²) in [6.45, 7) is 1.60. The summed E-state index contributed by atoms with van der Waals surface area (Å²) in [5, 5.41) is 6.56. The first-order valence-electron chi connectivity index (χ1n) is 9.24. The van der Waals surface area contributed by atoms with Crippen molar-refractivity contribution in [3.63, 3.8) is 0 Å². The summed E-state index contributed by atoms with van der Waals surface area (Å²) in [6.07, 6.45) is 2.27. The van der Waals surface area contributed by atoms with Crippen LogP contribution < -0.4 is 10.6 Å². The number of nitrogens with one attached hydrogen (secondary N) is 2. The minimum absolute atomic E-state index is 0.0867. The Kier molecular flexibility index (Phi) is 6.71. The average molecular weight is 386 g/mol. The van der Waals surface area contributed by atoms with Gasteiger partial charge in [0.1, 0.15) is 6.04 Å². The number of hydrogen-bond acceptors (Lipinski definition) is 2. The molecular formula is C21H24ClN3O2. The van der Waals surface area contributed by atoms with Crippen molar-refractivity contribution in [1.82, 2.24) is 15.5 Å². The standard InChI is InChI=1S/C21H24ClN3O2/c22-18-10-8-16(9-11-18)12-13-23-20(26)19-7-4-14-25(19)21(27)24-15-17-5-2-1-3-6-17/h1-3,5-6,8-11,19H,4,7,12-15H2,(H,23,26)(H,24,27). The Morgan fingerprint density at radius 3 is 2.48 bits per heavy atom. The molecule has 0 saturated carbocycles. The lowest BCUT2D eigenvalue weighted by Gasteiger charge is -2.24. The van der Waals surface area contributed by atoms with Crippen LogP contribution in [0.3, 0.4) is 0 Å². The Bertz CT molecular complexity index is 765. The van der Waals surface area contributed by atoms with Crippen LogP contribution in [0.2, 0.25) is 5.02 Å². The molecule has 6 heteroatoms. The Morgan fingerprint density at radius 2 is 1.74 bits per heavy atom. The van der Waals surface area contributed by atoms with Crippen LogP contribution in [-0.2, 0) is 17.8 Å². The molecule has 1 heterocycles. The molecule has 0 aromatic heterocycles. The number of halogens is 1. The Balaban J connectivity index is 1.46. The predicted octanol–water partition coefficient (Wildman–Crippen LogP) is 3.37. The number of carbonyl (C=O) groups excluding carboxylic acids is 2. The van der Waals surface area contributed by atoms with Crippen molar-refractivity contribution in [2.45, 2.75) is 31.8 Å². The molecule has 0 bridgehead atoms. The number of nitrogens with zero attached hydrogens (tertiary/aromatic N) is 1. The summed E-state index contributed by atoms with van der Waals surface area (Å²) in [4.78, 5) is 26.6. The van der Waals surface area contributed by atoms with Crippen molar-refractivity contribution in [3.8, 4) is 0 Å². The Labute approximate surface area is 164 Å². The highest BCUT2D eigenvalue weighted by Gasteiger charge is 2.33. The third-order valence-electron chi connectivity index (χ3n) is 4.73. The van der Waals surface area contributed by atoms with Gasteiger partial charge in [-0.05, 0) is 42.5 Å². The first-order chi connectivity index (χ1) is 13.1. The maximum Gasteiger partial charge on any atom is 0.318 e. The van der Waals surface area contributed by atoms with Gasteiger partial charge in [0, 0.05) is 24.7 Å². The fraction of sp³-hybridized carbons (Fsp3) is 0.333. The number of benzene rings is 2. The minimum atomic E-state index is -0.397. The van der Waals surface area contributed by atoms with E-state index in [0.29, 0.717) is 31.1 Å². The number of urea groups is 1. The van der Waals surface area contributed by atoms with Crippen molar-refractivity contribution >= 4 is 23.5 Å². The monoisotopic (exact) mass is 385 g/mol. The van der Waals surface area contributed by atoms with Crippen LogP contribution in [0.25, 0.3) is 0 Å². The van der Waals surface area contributed by atoms with Gasteiger partial charge in [-0.15, -0.1) is 0 Å². The van der Waals surface area contributed by atoms with Gasteiger partial charge in [-0.25, -0.2) is 4.79 Å². The van der Waals surface area contributed by atoms with Crippen LogP contribution in [0.4, 0.5) is 4.79 Å². The van der Waals surface area contributed by atoms with E-state index in [-0.39, 0.29) is 11.9 Å². The van der Waals surface area contributed by atoms with Crippen LogP contribution in [0.5, 0.6) is 0 Å². The van der Waals surface area contributed by atoms with Crippen LogP contribution in [-0.4, -0.2) is 36.0 Å². The summed E-state index contributed by atoms with van der Waals surface area (Å²) < 4.78 is 0. The number of likely N-dealkylation sites (tertiary alicyclic amines) is 1. The minimum Gasteiger partial charge on any atom is -0.354 e. The predicted molar refractivity (Wildman–Crippen MR) is 107 cm³/mol. The van der Waals surface area contributed by atoms with Gasteiger partial charge >= 0.3 is 6.03 Å². The zero-order chi connectivity index (χ0) is 19.1. The Morgan fingerprint density at radius 1 is 1.00 bits per heavy atom. The molecule has 1 aliphatic rings. The highest BCUT2D eigenvalue weighted by atomic mass is 35.5. The summed E-state index contributed by atoms with van der Waals surface area (Å²) in [5.41, 5.74) is 2.15. The lowest BCUT2D eigenvalue weighted by molar-refractivity contribution is -0.124. The summed E-state index contributed by atoms with van der Waals surface area (Å²) in [5.74, 6) is -0.0867. The smallest absolute Gasteiger partial charge is 0.318 e. The molecule has 2 aromatic carbocycles. The molecule has 5 nitrogen and oxygen atoms in total. The first kappa shape index (κ1) is 19.2. The van der Waals surface area contributed by atoms with Gasteiger partial charge in [0.05, 0.1) is 0 Å². The van der Waals surface area contributed by atoms with Crippen LogP contribution in [0, 0.1) is 0 Å². The molecule has 2 aromatic rings. The molecule has 2 N–H and O–H groups in total. The van der Waals surface area contributed by atoms with E-state index in [1.807, 2.05) is 54.6 Å². The van der Waals surface area contributed by atoms with Gasteiger partial charge in [0.15, 0.2) is 0 Å². The zero-order valence-corrected chi connectivity index (χ0v) is 15.9. The molecule has 1 atom stereocenters. The topological polar surface area (TPSA) is 61.4 Å². The van der Waals surface area contributed by atoms with Crippen molar-refractivity contribution in [3.05, 3.63) is 70.7 Å². The van der Waals surface area contributed by atoms with E-state index in [0.717, 1.165) is 24.0 Å². The fourth-order valence-corrected chi connectivity index (χ4v) is 3.38. The summed E-state index contributed by atoms with van der Waals surface area (Å²) >= 11 is 5.88. The fourth-order valence-electron chi connectivity index (χ4n) is 3.26. The van der Waals surface area contributed by atoms with Gasteiger partial charge in [0.25, 0.3) is 0 Å². The molecule has 142 valence electrons. The molecule has 1 fully saturated rings. The second-order valence-corrected chi connectivity index (χ2v) is 7.10. The molecule has 1 saturated heterocycles. The van der Waals surface area contributed by atoms with E-state index >= 15 is 0 Å². The third-order valence-corrected chi connectivity index (χ3v) is 4.98. The molecule has 27 heavy (non-hydrogen) atoms. The summed E-state index contributed by atoms with van der Waals surface area (Å²) in [6, 6.07) is 16.7. The SMILES string of the molecule is O=C(NCCc1ccc(Cl)cc1)C1CCCN1C(=O)NCc1ccccc1. The normalized spacial score (nSPS) is 16.2. The highest BCUT2D eigenvalue weighted by Crippen LogP contribution is 2.17. The quantitative estimate of drug-likeness (QED) is 0.800. The molecular weight excluding hydrogens is 362 g/mol. The third kappa shape index (κ3) is 5.47. The van der Waals surface area contributed by atoms with Gasteiger partial charge in [0.2, 0.25) is 5.91 Å². The molecule has 0 spiro atoms. The van der Waals surface area contributed by atoms with Crippen molar-refractivity contribution < 1.29 is 9.59 Å². The lowest BCUT2D eigenvalue weighted by atomic mass is 10.1. The molecule has 1 aliphatic heterocycles. The van der Waals surface area contributed by atoms with E-state index < -0.39 is 6.04 Å². The van der Waals surface area contributed by atoms with Crippen LogP contribution in [0.15, 0.2) is 54.6 Å². The van der Waals surface area contributed by atoms with E-state index in [9.17, 15) is 9.59 Å². The lowest BCUT2D eigenvalue weighted by Crippen LogP contribution is -2.49. The highest BCUT2D eigenvalue weighted by molar-refractivity contribution is 6.30. The van der Waals surface area contributed by atoms with Gasteiger partial charge in [-0.2, -0.15) is 0 Å². The summed E-state index contributed by atoms with van der Waals surface area (Å²) in [7, 11) is 0. The van der Waals surface area contributed by atoms with Gasteiger partial charge in [-0.3, -0.25) is 4.79 Å². The van der Waals surface area contributed by atoms with E-state index in [2.05, 4.69) is 10.6 Å². The van der Waals surface area contributed by atoms with Gasteiger partial charge < -0.3 is 15.5 Å². The first-order valence-corrected chi connectivity index (χ1v) is 9.62. The molecule has 3 rings (SSSR count). The number of hydrogen-bond donors (Lipinski definition) is 2. The van der Waals surface area contributed by atoms with Gasteiger partial charge in [-0.1, -0.05) is 54.1 Å². The van der Waals surface area contributed by atoms with E-state index in [1.54, 1.807) is 4.90 Å². The van der Waals surface area contributed by atoms with Crippen LogP contribution >= 0.6 is 11.6 Å². The van der Waals surface area contributed by atoms with Crippen molar-refractivity contribution in [2.24, 2.45) is 0 Å². The molecule has 1 unspecified atom stereocenters. The maximum absolute atomic E-state index is 12.5. The largest absolute Gasteiger partial charge is 0.354 e. The molecule has 0 aliphatic carbocycles. The van der Waals surface area contributed by atoms with Crippen molar-refractivity contribution in [1.29, 1.82) is 0 Å². The number of carbonyl (C=O) groups is 2. The molecule has 3 amide bonds. The number of amides is 3. The van der Waals surface area contributed by atoms with Crippen LogP contribution in [0.1, 0.15) is 24.0 Å². The van der Waals surface area contributed by atoms with E-state index in [4.69, 9.17) is 11.6 Å². The second-order valence-electron chi connectivity index (χ2n) is 6.66. The zero-order valence-electron chi connectivity index (χ0n) is 15.2. The maximum atomic E-state index is 12.5. The van der Waals surface area contributed by atoms with E-state index in [1.165, 1.54) is 0 Å². The molecule has 0 radical (unpaired) electrons. The van der Waals surface area contributed by atoms with Crippen molar-refractivity contribution in [2.75, 3.05) is 13.1 Å². The second kappa shape index (κ2) is 9.42. The average Bonchev–Trinajstić information content (AvgIpc) is 3.18. The Hall–Kier alpha value is -2.53.